The van der Waals surface area contributed by atoms with Gasteiger partial charge in [-0.1, -0.05) is 35.5 Å². The van der Waals surface area contributed by atoms with Gasteiger partial charge in [0.15, 0.2) is 0 Å². The second-order valence-corrected chi connectivity index (χ2v) is 4.80. The van der Waals surface area contributed by atoms with Crippen LogP contribution < -0.4 is 5.32 Å². The van der Waals surface area contributed by atoms with Crippen LogP contribution in [-0.2, 0) is 4.79 Å². The molecule has 1 unspecified atom stereocenters. The fraction of sp³-hybridized carbons (Fsp3) is 0.267. The highest BCUT2D eigenvalue weighted by Crippen LogP contribution is 2.24. The zero-order chi connectivity index (χ0) is 15.4. The Morgan fingerprint density at radius 2 is 2.00 bits per heavy atom. The predicted molar refractivity (Wildman–Crippen MR) is 75.9 cm³/mol. The number of nitrogens with one attached hydrogen (secondary N) is 1. The number of carboxylic acids is 1. The Balaban J connectivity index is 2.26. The van der Waals surface area contributed by atoms with E-state index in [1.807, 2.05) is 30.3 Å². The Morgan fingerprint density at radius 1 is 1.33 bits per heavy atom. The Morgan fingerprint density at radius 3 is 2.62 bits per heavy atom. The lowest BCUT2D eigenvalue weighted by Gasteiger charge is -2.11. The summed E-state index contributed by atoms with van der Waals surface area (Å²) in [4.78, 5) is 23.0. The van der Waals surface area contributed by atoms with Crippen molar-refractivity contribution in [3.05, 3.63) is 41.7 Å². The van der Waals surface area contributed by atoms with E-state index in [0.29, 0.717) is 17.0 Å². The molecule has 1 heterocycles. The van der Waals surface area contributed by atoms with Crippen molar-refractivity contribution in [3.8, 4) is 11.3 Å². The van der Waals surface area contributed by atoms with E-state index in [-0.39, 0.29) is 12.3 Å². The molecular formula is C15H16N2O4. The van der Waals surface area contributed by atoms with E-state index in [4.69, 9.17) is 9.63 Å². The van der Waals surface area contributed by atoms with Crippen LogP contribution in [0.3, 0.4) is 0 Å². The summed E-state index contributed by atoms with van der Waals surface area (Å²) >= 11 is 0. The summed E-state index contributed by atoms with van der Waals surface area (Å²) in [6, 6.07) is 8.73. The Labute approximate surface area is 121 Å². The molecule has 1 aromatic heterocycles. The van der Waals surface area contributed by atoms with Gasteiger partial charge in [-0.05, 0) is 13.8 Å². The van der Waals surface area contributed by atoms with Crippen molar-refractivity contribution in [1.29, 1.82) is 0 Å². The van der Waals surface area contributed by atoms with E-state index in [2.05, 4.69) is 10.5 Å². The molecule has 0 aliphatic rings. The Kier molecular flexibility index (Phi) is 4.37. The smallest absolute Gasteiger partial charge is 0.305 e. The summed E-state index contributed by atoms with van der Waals surface area (Å²) in [5, 5.41) is 15.3. The Hall–Kier alpha value is -2.63. The van der Waals surface area contributed by atoms with Crippen LogP contribution in [-0.4, -0.2) is 28.2 Å². The molecule has 1 atom stereocenters. The van der Waals surface area contributed by atoms with E-state index < -0.39 is 12.0 Å². The Bertz CT molecular complexity index is 649. The first-order valence-corrected chi connectivity index (χ1v) is 6.53. The SMILES string of the molecule is Cc1onc(-c2ccccc2)c1C(=O)NC(C)CC(=O)O. The highest BCUT2D eigenvalue weighted by molar-refractivity contribution is 6.01. The molecule has 0 fully saturated rings. The number of nitrogens with zero attached hydrogens (tertiary/aromatic N) is 1. The summed E-state index contributed by atoms with van der Waals surface area (Å²) in [6.07, 6.45) is -0.142. The zero-order valence-electron chi connectivity index (χ0n) is 11.8. The highest BCUT2D eigenvalue weighted by atomic mass is 16.5. The van der Waals surface area contributed by atoms with Gasteiger partial charge in [0.2, 0.25) is 0 Å². The third-order valence-corrected chi connectivity index (χ3v) is 3.00. The lowest BCUT2D eigenvalue weighted by atomic mass is 10.1. The quantitative estimate of drug-likeness (QED) is 0.880. The number of carbonyl (C=O) groups is 2. The maximum atomic E-state index is 12.3. The van der Waals surface area contributed by atoms with E-state index in [0.717, 1.165) is 5.56 Å². The van der Waals surface area contributed by atoms with Crippen LogP contribution in [0.15, 0.2) is 34.9 Å². The average Bonchev–Trinajstić information content (AvgIpc) is 2.80. The van der Waals surface area contributed by atoms with Gasteiger partial charge in [-0.15, -0.1) is 0 Å². The van der Waals surface area contributed by atoms with Crippen molar-refractivity contribution in [2.45, 2.75) is 26.3 Å². The van der Waals surface area contributed by atoms with Gasteiger partial charge >= 0.3 is 5.97 Å². The molecule has 1 amide bonds. The summed E-state index contributed by atoms with van der Waals surface area (Å²) in [5.74, 6) is -0.955. The number of rotatable bonds is 5. The predicted octanol–water partition coefficient (Wildman–Crippen LogP) is 2.24. The number of hydrogen-bond donors (Lipinski definition) is 2. The average molecular weight is 288 g/mol. The van der Waals surface area contributed by atoms with Gasteiger partial charge < -0.3 is 14.9 Å². The van der Waals surface area contributed by atoms with E-state index in [1.165, 1.54) is 0 Å². The van der Waals surface area contributed by atoms with Crippen molar-refractivity contribution in [3.63, 3.8) is 0 Å². The van der Waals surface area contributed by atoms with Crippen molar-refractivity contribution in [2.24, 2.45) is 0 Å². The van der Waals surface area contributed by atoms with Gasteiger partial charge in [0.05, 0.1) is 6.42 Å². The van der Waals surface area contributed by atoms with Crippen molar-refractivity contribution in [2.75, 3.05) is 0 Å². The van der Waals surface area contributed by atoms with Crippen molar-refractivity contribution >= 4 is 11.9 Å². The molecule has 6 heteroatoms. The monoisotopic (exact) mass is 288 g/mol. The number of amides is 1. The molecule has 0 bridgehead atoms. The van der Waals surface area contributed by atoms with Gasteiger partial charge in [0.25, 0.3) is 5.91 Å². The molecule has 2 rings (SSSR count). The highest BCUT2D eigenvalue weighted by Gasteiger charge is 2.23. The fourth-order valence-corrected chi connectivity index (χ4v) is 2.04. The second kappa shape index (κ2) is 6.21. The van der Waals surface area contributed by atoms with Gasteiger partial charge in [0.1, 0.15) is 17.0 Å². The van der Waals surface area contributed by atoms with Crippen LogP contribution in [0.1, 0.15) is 29.5 Å². The largest absolute Gasteiger partial charge is 0.481 e. The molecule has 1 aromatic carbocycles. The zero-order valence-corrected chi connectivity index (χ0v) is 11.8. The number of aryl methyl sites for hydroxylation is 1. The number of hydrogen-bond acceptors (Lipinski definition) is 4. The van der Waals surface area contributed by atoms with Gasteiger partial charge in [0, 0.05) is 11.6 Å². The maximum Gasteiger partial charge on any atom is 0.305 e. The minimum Gasteiger partial charge on any atom is -0.481 e. The summed E-state index contributed by atoms with van der Waals surface area (Å²) in [5.41, 5.74) is 1.55. The lowest BCUT2D eigenvalue weighted by Crippen LogP contribution is -2.34. The fourth-order valence-electron chi connectivity index (χ4n) is 2.04. The standard InChI is InChI=1S/C15H16N2O4/c1-9(8-12(18)19)16-15(20)13-10(2)21-17-14(13)11-6-4-3-5-7-11/h3-7,9H,8H2,1-2H3,(H,16,20)(H,18,19). The molecule has 2 N–H and O–H groups in total. The lowest BCUT2D eigenvalue weighted by molar-refractivity contribution is -0.137. The topological polar surface area (TPSA) is 92.4 Å². The van der Waals surface area contributed by atoms with Crippen LogP contribution in [0.25, 0.3) is 11.3 Å². The molecule has 21 heavy (non-hydrogen) atoms. The third kappa shape index (κ3) is 3.47. The number of benzene rings is 1. The van der Waals surface area contributed by atoms with Crippen LogP contribution >= 0.6 is 0 Å². The molecule has 0 radical (unpaired) electrons. The second-order valence-electron chi connectivity index (χ2n) is 4.80. The summed E-state index contributed by atoms with van der Waals surface area (Å²) in [6.45, 7) is 3.28. The maximum absolute atomic E-state index is 12.3. The van der Waals surface area contributed by atoms with Crippen molar-refractivity contribution in [1.82, 2.24) is 10.5 Å². The third-order valence-electron chi connectivity index (χ3n) is 3.00. The van der Waals surface area contributed by atoms with Crippen LogP contribution in [0.5, 0.6) is 0 Å². The van der Waals surface area contributed by atoms with Crippen molar-refractivity contribution < 1.29 is 19.2 Å². The minimum absolute atomic E-state index is 0.142. The van der Waals surface area contributed by atoms with Gasteiger partial charge in [-0.3, -0.25) is 9.59 Å². The molecule has 110 valence electrons. The minimum atomic E-state index is -0.965. The molecule has 0 saturated heterocycles. The summed E-state index contributed by atoms with van der Waals surface area (Å²) in [7, 11) is 0. The van der Waals surface area contributed by atoms with Gasteiger partial charge in [-0.25, -0.2) is 0 Å². The van der Waals surface area contributed by atoms with Crippen LogP contribution in [0, 0.1) is 6.92 Å². The molecule has 2 aromatic rings. The number of carboxylic acid groups (broad SMARTS) is 1. The molecular weight excluding hydrogens is 272 g/mol. The van der Waals surface area contributed by atoms with E-state index in [1.54, 1.807) is 13.8 Å². The van der Waals surface area contributed by atoms with E-state index >= 15 is 0 Å². The van der Waals surface area contributed by atoms with Crippen LogP contribution in [0.2, 0.25) is 0 Å². The van der Waals surface area contributed by atoms with Crippen LogP contribution in [0.4, 0.5) is 0 Å². The first-order valence-electron chi connectivity index (χ1n) is 6.53. The first-order chi connectivity index (χ1) is 9.99. The number of carbonyl (C=O) groups excluding carboxylic acids is 1. The summed E-state index contributed by atoms with van der Waals surface area (Å²) < 4.78 is 5.11. The molecule has 0 aliphatic heterocycles. The molecule has 0 spiro atoms. The van der Waals surface area contributed by atoms with E-state index in [9.17, 15) is 9.59 Å². The normalized spacial score (nSPS) is 11.9. The molecule has 0 saturated carbocycles. The number of aromatic nitrogens is 1. The number of aliphatic carboxylic acids is 1. The first kappa shape index (κ1) is 14.8. The molecule has 0 aliphatic carbocycles. The molecule has 6 nitrogen and oxygen atoms in total. The van der Waals surface area contributed by atoms with Gasteiger partial charge in [-0.2, -0.15) is 0 Å².